The van der Waals surface area contributed by atoms with Crippen molar-refractivity contribution in [2.24, 2.45) is 5.92 Å². The molecule has 3 N–H and O–H groups in total. The van der Waals surface area contributed by atoms with Crippen molar-refractivity contribution >= 4 is 34.2 Å². The fraction of sp³-hybridized carbons (Fsp3) is 0.300. The first-order valence-corrected chi connectivity index (χ1v) is 9.37. The molecule has 0 saturated carbocycles. The summed E-state index contributed by atoms with van der Waals surface area (Å²) in [4.78, 5) is 20.1. The van der Waals surface area contributed by atoms with Crippen LogP contribution in [0, 0.1) is 5.92 Å². The van der Waals surface area contributed by atoms with Gasteiger partial charge in [-0.1, -0.05) is 37.6 Å². The van der Waals surface area contributed by atoms with Gasteiger partial charge >= 0.3 is 6.18 Å². The van der Waals surface area contributed by atoms with Gasteiger partial charge in [-0.3, -0.25) is 10.1 Å². The Bertz CT molecular complexity index is 983. The number of aromatic nitrogens is 2. The predicted octanol–water partition coefficient (Wildman–Crippen LogP) is 5.16. The SMILES string of the molecule is CC(C)[C@H](NCC(=O)Nc1cc(C(F)(F)F)ccc1Cl)c1nc2ccccc2[nH]1. The molecule has 0 bridgehead atoms. The van der Waals surface area contributed by atoms with Crippen molar-refractivity contribution in [2.75, 3.05) is 11.9 Å². The summed E-state index contributed by atoms with van der Waals surface area (Å²) in [5.74, 6) is 0.291. The van der Waals surface area contributed by atoms with Gasteiger partial charge < -0.3 is 10.3 Å². The highest BCUT2D eigenvalue weighted by Crippen LogP contribution is 2.33. The standard InChI is InChI=1S/C20H20ClF3N4O/c1-11(2)18(19-27-14-5-3-4-6-15(14)28-19)25-10-17(29)26-16-9-12(20(22,23)24)7-8-13(16)21/h3-9,11,18,25H,10H2,1-2H3,(H,26,29)(H,27,28)/t18-/m0/s1. The third kappa shape index (κ3) is 5.07. The van der Waals surface area contributed by atoms with Gasteiger partial charge in [0.15, 0.2) is 0 Å². The zero-order valence-electron chi connectivity index (χ0n) is 15.8. The number of alkyl halides is 3. The van der Waals surface area contributed by atoms with E-state index in [4.69, 9.17) is 11.6 Å². The lowest BCUT2D eigenvalue weighted by molar-refractivity contribution is -0.137. The van der Waals surface area contributed by atoms with Crippen molar-refractivity contribution in [3.8, 4) is 0 Å². The molecule has 9 heteroatoms. The number of benzene rings is 2. The van der Waals surface area contributed by atoms with Crippen molar-refractivity contribution in [1.82, 2.24) is 15.3 Å². The van der Waals surface area contributed by atoms with Crippen LogP contribution in [-0.4, -0.2) is 22.4 Å². The average molecular weight is 425 g/mol. The molecule has 154 valence electrons. The van der Waals surface area contributed by atoms with Gasteiger partial charge in [0, 0.05) is 0 Å². The molecule has 0 radical (unpaired) electrons. The molecule has 1 atom stereocenters. The second-order valence-electron chi connectivity index (χ2n) is 6.98. The zero-order valence-corrected chi connectivity index (χ0v) is 16.5. The maximum atomic E-state index is 12.9. The number of halogens is 4. The minimum absolute atomic E-state index is 0.0315. The molecule has 0 spiro atoms. The van der Waals surface area contributed by atoms with Crippen molar-refractivity contribution in [3.63, 3.8) is 0 Å². The maximum absolute atomic E-state index is 12.9. The van der Waals surface area contributed by atoms with E-state index in [1.807, 2.05) is 38.1 Å². The molecule has 0 aliphatic carbocycles. The number of rotatable bonds is 6. The third-order valence-electron chi connectivity index (χ3n) is 4.42. The van der Waals surface area contributed by atoms with Crippen LogP contribution < -0.4 is 10.6 Å². The van der Waals surface area contributed by atoms with Crippen molar-refractivity contribution in [1.29, 1.82) is 0 Å². The predicted molar refractivity (Wildman–Crippen MR) is 107 cm³/mol. The first-order valence-electron chi connectivity index (χ1n) is 9.00. The molecule has 0 aliphatic heterocycles. The van der Waals surface area contributed by atoms with Gasteiger partial charge in [0.1, 0.15) is 5.82 Å². The monoisotopic (exact) mass is 424 g/mol. The molecule has 3 aromatic rings. The number of H-pyrrole nitrogens is 1. The number of carbonyl (C=O) groups is 1. The molecule has 5 nitrogen and oxygen atoms in total. The van der Waals surface area contributed by atoms with E-state index in [0.29, 0.717) is 5.82 Å². The number of amides is 1. The van der Waals surface area contributed by atoms with Gasteiger partial charge in [0.2, 0.25) is 5.91 Å². The minimum atomic E-state index is -4.52. The summed E-state index contributed by atoms with van der Waals surface area (Å²) in [5.41, 5.74) is 0.732. The van der Waals surface area contributed by atoms with Crippen LogP contribution in [0.25, 0.3) is 11.0 Å². The molecule has 0 fully saturated rings. The summed E-state index contributed by atoms with van der Waals surface area (Å²) in [6.07, 6.45) is -4.52. The summed E-state index contributed by atoms with van der Waals surface area (Å²) in [6, 6.07) is 10.1. The van der Waals surface area contributed by atoms with Gasteiger partial charge in [-0.25, -0.2) is 4.98 Å². The van der Waals surface area contributed by atoms with Crippen LogP contribution in [0.15, 0.2) is 42.5 Å². The van der Waals surface area contributed by atoms with Crippen LogP contribution >= 0.6 is 11.6 Å². The lowest BCUT2D eigenvalue weighted by Gasteiger charge is -2.20. The number of imidazole rings is 1. The number of fused-ring (bicyclic) bond motifs is 1. The van der Waals surface area contributed by atoms with Crippen LogP contribution in [0.4, 0.5) is 18.9 Å². The second kappa shape index (κ2) is 8.42. The molecule has 2 aromatic carbocycles. The number of para-hydroxylation sites is 2. The van der Waals surface area contributed by atoms with Gasteiger partial charge in [0.25, 0.3) is 0 Å². The van der Waals surface area contributed by atoms with E-state index in [2.05, 4.69) is 20.6 Å². The number of nitrogens with zero attached hydrogens (tertiary/aromatic N) is 1. The normalized spacial score (nSPS) is 13.1. The first kappa shape index (κ1) is 21.1. The first-order chi connectivity index (χ1) is 13.6. The molecule has 1 amide bonds. The Morgan fingerprint density at radius 1 is 1.21 bits per heavy atom. The molecular formula is C20H20ClF3N4O. The fourth-order valence-corrected chi connectivity index (χ4v) is 3.13. The van der Waals surface area contributed by atoms with Crippen LogP contribution in [0.2, 0.25) is 5.02 Å². The number of carbonyl (C=O) groups excluding carboxylic acids is 1. The largest absolute Gasteiger partial charge is 0.416 e. The molecule has 1 heterocycles. The Labute approximate surface area is 170 Å². The molecule has 3 rings (SSSR count). The zero-order chi connectivity index (χ0) is 21.2. The maximum Gasteiger partial charge on any atom is 0.416 e. The van der Waals surface area contributed by atoms with Gasteiger partial charge in [-0.05, 0) is 36.2 Å². The van der Waals surface area contributed by atoms with Gasteiger partial charge in [0.05, 0.1) is 39.9 Å². The molecule has 0 saturated heterocycles. The van der Waals surface area contributed by atoms with E-state index in [0.717, 1.165) is 29.2 Å². The lowest BCUT2D eigenvalue weighted by Crippen LogP contribution is -2.34. The molecule has 1 aromatic heterocycles. The summed E-state index contributed by atoms with van der Waals surface area (Å²) < 4.78 is 38.6. The van der Waals surface area contributed by atoms with Gasteiger partial charge in [-0.15, -0.1) is 0 Å². The lowest BCUT2D eigenvalue weighted by atomic mass is 10.0. The number of aromatic amines is 1. The summed E-state index contributed by atoms with van der Waals surface area (Å²) in [5, 5.41) is 5.57. The quantitative estimate of drug-likeness (QED) is 0.512. The molecule has 0 unspecified atom stereocenters. The van der Waals surface area contributed by atoms with E-state index >= 15 is 0 Å². The Kier molecular flexibility index (Phi) is 6.14. The highest BCUT2D eigenvalue weighted by atomic mass is 35.5. The average Bonchev–Trinajstić information content (AvgIpc) is 3.06. The van der Waals surface area contributed by atoms with E-state index in [1.54, 1.807) is 0 Å². The van der Waals surface area contributed by atoms with E-state index in [1.165, 1.54) is 0 Å². The summed E-state index contributed by atoms with van der Waals surface area (Å²) in [6.45, 7) is 3.84. The van der Waals surface area contributed by atoms with E-state index in [-0.39, 0.29) is 29.2 Å². The van der Waals surface area contributed by atoms with Gasteiger partial charge in [-0.2, -0.15) is 13.2 Å². The Morgan fingerprint density at radius 2 is 1.93 bits per heavy atom. The Hall–Kier alpha value is -2.58. The van der Waals surface area contributed by atoms with Crippen LogP contribution in [0.1, 0.15) is 31.3 Å². The van der Waals surface area contributed by atoms with Crippen molar-refractivity contribution in [3.05, 3.63) is 58.9 Å². The summed E-state index contributed by atoms with van der Waals surface area (Å²) >= 11 is 5.93. The van der Waals surface area contributed by atoms with E-state index < -0.39 is 17.6 Å². The number of anilines is 1. The third-order valence-corrected chi connectivity index (χ3v) is 4.75. The van der Waals surface area contributed by atoms with Crippen LogP contribution in [0.3, 0.4) is 0 Å². The fourth-order valence-electron chi connectivity index (χ4n) is 2.96. The van der Waals surface area contributed by atoms with Crippen LogP contribution in [-0.2, 0) is 11.0 Å². The molecule has 29 heavy (non-hydrogen) atoms. The second-order valence-corrected chi connectivity index (χ2v) is 7.39. The van der Waals surface area contributed by atoms with Crippen molar-refractivity contribution < 1.29 is 18.0 Å². The van der Waals surface area contributed by atoms with E-state index in [9.17, 15) is 18.0 Å². The molecular weight excluding hydrogens is 405 g/mol. The number of hydrogen-bond acceptors (Lipinski definition) is 3. The molecule has 0 aliphatic rings. The smallest absolute Gasteiger partial charge is 0.341 e. The number of nitrogens with one attached hydrogen (secondary N) is 3. The van der Waals surface area contributed by atoms with Crippen LogP contribution in [0.5, 0.6) is 0 Å². The summed E-state index contributed by atoms with van der Waals surface area (Å²) in [7, 11) is 0. The Morgan fingerprint density at radius 3 is 2.59 bits per heavy atom. The number of hydrogen-bond donors (Lipinski definition) is 3. The topological polar surface area (TPSA) is 69.8 Å². The Balaban J connectivity index is 1.70. The minimum Gasteiger partial charge on any atom is -0.341 e. The highest BCUT2D eigenvalue weighted by Gasteiger charge is 2.31. The highest BCUT2D eigenvalue weighted by molar-refractivity contribution is 6.33. The van der Waals surface area contributed by atoms with Crippen molar-refractivity contribution in [2.45, 2.75) is 26.1 Å².